The molecule has 4 aromatic rings. The van der Waals surface area contributed by atoms with E-state index >= 15 is 0 Å². The Balaban J connectivity index is 1.57. The number of sulfonamides is 1. The molecule has 1 fully saturated rings. The maximum Gasteiger partial charge on any atom is 0.404 e. The number of piperidine rings is 1. The Hall–Kier alpha value is -3.19. The van der Waals surface area contributed by atoms with Crippen molar-refractivity contribution in [2.45, 2.75) is 25.1 Å². The van der Waals surface area contributed by atoms with Crippen molar-refractivity contribution in [2.75, 3.05) is 18.8 Å². The van der Waals surface area contributed by atoms with Gasteiger partial charge in [-0.2, -0.15) is 22.6 Å². The van der Waals surface area contributed by atoms with Gasteiger partial charge in [0.2, 0.25) is 10.0 Å². The average Bonchev–Trinajstić information content (AvgIpc) is 3.31. The van der Waals surface area contributed by atoms with Crippen LogP contribution in [0, 0.1) is 0 Å². The first-order chi connectivity index (χ1) is 16.0. The second-order valence-electron chi connectivity index (χ2n) is 8.36. The third-order valence-electron chi connectivity index (χ3n) is 6.10. The van der Waals surface area contributed by atoms with Gasteiger partial charge in [-0.05, 0) is 37.1 Å². The summed E-state index contributed by atoms with van der Waals surface area (Å²) in [5.41, 5.74) is 2.63. The van der Waals surface area contributed by atoms with Crippen molar-refractivity contribution in [1.82, 2.24) is 28.0 Å². The van der Waals surface area contributed by atoms with Gasteiger partial charge in [0.05, 0.1) is 29.0 Å². The van der Waals surface area contributed by atoms with Crippen molar-refractivity contribution in [3.63, 3.8) is 0 Å². The van der Waals surface area contributed by atoms with Crippen LogP contribution in [-0.4, -0.2) is 61.5 Å². The summed E-state index contributed by atoms with van der Waals surface area (Å²) in [6.45, 7) is -0.241. The van der Waals surface area contributed by atoms with Crippen LogP contribution < -0.4 is 5.69 Å². The van der Waals surface area contributed by atoms with E-state index in [4.69, 9.17) is 4.98 Å². The lowest BCUT2D eigenvalue weighted by atomic mass is 10.1. The van der Waals surface area contributed by atoms with E-state index in [0.29, 0.717) is 29.7 Å². The van der Waals surface area contributed by atoms with E-state index in [1.807, 2.05) is 18.2 Å². The van der Waals surface area contributed by atoms with Crippen molar-refractivity contribution in [1.29, 1.82) is 0 Å². The van der Waals surface area contributed by atoms with Crippen molar-refractivity contribution < 1.29 is 21.6 Å². The molecule has 1 aliphatic heterocycles. The molecule has 0 radical (unpaired) electrons. The van der Waals surface area contributed by atoms with E-state index in [0.717, 1.165) is 15.4 Å². The van der Waals surface area contributed by atoms with Crippen LogP contribution in [-0.2, 0) is 17.1 Å². The highest BCUT2D eigenvalue weighted by molar-refractivity contribution is 7.89. The minimum atomic E-state index is -4.84. The Morgan fingerprint density at radius 2 is 1.94 bits per heavy atom. The van der Waals surface area contributed by atoms with Crippen molar-refractivity contribution in [3.8, 4) is 11.3 Å². The predicted molar refractivity (Wildman–Crippen MR) is 119 cm³/mol. The largest absolute Gasteiger partial charge is 0.404 e. The number of halogens is 3. The molecule has 180 valence electrons. The average molecular weight is 494 g/mol. The fourth-order valence-corrected chi connectivity index (χ4v) is 5.93. The third-order valence-corrected chi connectivity index (χ3v) is 7.91. The van der Waals surface area contributed by atoms with E-state index in [1.54, 1.807) is 36.1 Å². The summed E-state index contributed by atoms with van der Waals surface area (Å²) in [6, 6.07) is 8.49. The zero-order valence-electron chi connectivity index (χ0n) is 18.1. The van der Waals surface area contributed by atoms with Crippen molar-refractivity contribution >= 4 is 26.7 Å². The Morgan fingerprint density at radius 1 is 1.15 bits per heavy atom. The molecule has 0 spiro atoms. The number of hydrogen-bond donors (Lipinski definition) is 0. The van der Waals surface area contributed by atoms with Gasteiger partial charge in [-0.3, -0.25) is 9.13 Å². The number of alkyl halides is 3. The summed E-state index contributed by atoms with van der Waals surface area (Å²) in [4.78, 5) is 17.8. The van der Waals surface area contributed by atoms with Gasteiger partial charge in [-0.1, -0.05) is 6.07 Å². The lowest BCUT2D eigenvalue weighted by Gasteiger charge is -2.32. The summed E-state index contributed by atoms with van der Waals surface area (Å²) in [6.07, 6.45) is -0.598. The SMILES string of the molecule is Cn1c(=O)n([C@H]2CCCN(S(=O)(=O)CC(F)(F)F)C2)c2nc(-c3cnn4ccccc34)ccc21. The van der Waals surface area contributed by atoms with E-state index in [-0.39, 0.29) is 13.1 Å². The smallest absolute Gasteiger partial charge is 0.293 e. The van der Waals surface area contributed by atoms with Gasteiger partial charge < -0.3 is 0 Å². The Kier molecular flexibility index (Phi) is 5.28. The Labute approximate surface area is 192 Å². The molecule has 9 nitrogen and oxygen atoms in total. The van der Waals surface area contributed by atoms with Crippen LogP contribution >= 0.6 is 0 Å². The number of imidazole rings is 1. The monoisotopic (exact) mass is 494 g/mol. The first-order valence-electron chi connectivity index (χ1n) is 10.6. The minimum Gasteiger partial charge on any atom is -0.293 e. The number of pyridine rings is 2. The van der Waals surface area contributed by atoms with Crippen molar-refractivity contribution in [2.24, 2.45) is 7.05 Å². The molecule has 0 unspecified atom stereocenters. The van der Waals surface area contributed by atoms with Crippen LogP contribution in [0.5, 0.6) is 0 Å². The zero-order valence-corrected chi connectivity index (χ0v) is 18.9. The number of nitrogens with zero attached hydrogens (tertiary/aromatic N) is 6. The second-order valence-corrected chi connectivity index (χ2v) is 10.3. The van der Waals surface area contributed by atoms with Gasteiger partial charge in [-0.25, -0.2) is 22.7 Å². The van der Waals surface area contributed by atoms with Crippen LogP contribution in [0.1, 0.15) is 18.9 Å². The Morgan fingerprint density at radius 3 is 2.71 bits per heavy atom. The molecule has 0 aliphatic carbocycles. The van der Waals surface area contributed by atoms with E-state index in [9.17, 15) is 26.4 Å². The highest BCUT2D eigenvalue weighted by Gasteiger charge is 2.40. The number of aromatic nitrogens is 5. The van der Waals surface area contributed by atoms with Crippen molar-refractivity contribution in [3.05, 3.63) is 53.2 Å². The molecule has 4 aromatic heterocycles. The molecule has 1 aliphatic rings. The normalized spacial score (nSPS) is 18.2. The number of rotatable bonds is 4. The van der Waals surface area contributed by atoms with Gasteiger partial charge in [0, 0.05) is 31.9 Å². The predicted octanol–water partition coefficient (Wildman–Crippen LogP) is 2.58. The van der Waals surface area contributed by atoms with Gasteiger partial charge in [0.15, 0.2) is 11.4 Å². The van der Waals surface area contributed by atoms with Crippen LogP contribution in [0.4, 0.5) is 13.2 Å². The summed E-state index contributed by atoms with van der Waals surface area (Å²) in [5.74, 6) is -1.92. The lowest BCUT2D eigenvalue weighted by Crippen LogP contribution is -2.45. The van der Waals surface area contributed by atoms with Crippen LogP contribution in [0.15, 0.2) is 47.5 Å². The minimum absolute atomic E-state index is 0.0183. The first-order valence-corrected chi connectivity index (χ1v) is 12.2. The molecule has 1 atom stereocenters. The van der Waals surface area contributed by atoms with Gasteiger partial charge in [-0.15, -0.1) is 0 Å². The standard InChI is InChI=1S/C21H21F3N6O3S/c1-27-18-8-7-16(15-11-25-29-10-3-2-6-17(15)29)26-19(18)30(20(27)31)14-5-4-9-28(12-14)34(32,33)13-21(22,23)24/h2-3,6-8,10-11,14H,4-5,9,12-13H2,1H3/t14-/m0/s1. The summed E-state index contributed by atoms with van der Waals surface area (Å²) in [5, 5.41) is 4.31. The second kappa shape index (κ2) is 7.94. The van der Waals surface area contributed by atoms with Gasteiger partial charge in [0.25, 0.3) is 0 Å². The molecule has 1 saturated heterocycles. The topological polar surface area (TPSA) is 94.5 Å². The maximum atomic E-state index is 13.1. The van der Waals surface area contributed by atoms with Crippen LogP contribution in [0.3, 0.4) is 0 Å². The zero-order chi connectivity index (χ0) is 24.3. The molecule has 13 heteroatoms. The maximum absolute atomic E-state index is 13.1. The van der Waals surface area contributed by atoms with E-state index in [1.165, 1.54) is 9.13 Å². The van der Waals surface area contributed by atoms with Gasteiger partial charge >= 0.3 is 11.9 Å². The number of aryl methyl sites for hydroxylation is 1. The van der Waals surface area contributed by atoms with E-state index in [2.05, 4.69) is 5.10 Å². The molecule has 0 amide bonds. The quantitative estimate of drug-likeness (QED) is 0.435. The van der Waals surface area contributed by atoms with E-state index < -0.39 is 33.7 Å². The molecule has 0 N–H and O–H groups in total. The lowest BCUT2D eigenvalue weighted by molar-refractivity contribution is -0.107. The summed E-state index contributed by atoms with van der Waals surface area (Å²) >= 11 is 0. The number of fused-ring (bicyclic) bond motifs is 2. The molecule has 5 rings (SSSR count). The van der Waals surface area contributed by atoms with Crippen LogP contribution in [0.25, 0.3) is 27.9 Å². The van der Waals surface area contributed by atoms with Crippen LogP contribution in [0.2, 0.25) is 0 Å². The molecule has 0 saturated carbocycles. The fraction of sp³-hybridized carbons (Fsp3) is 0.381. The fourth-order valence-electron chi connectivity index (χ4n) is 4.53. The summed E-state index contributed by atoms with van der Waals surface area (Å²) < 4.78 is 68.5. The third kappa shape index (κ3) is 3.88. The highest BCUT2D eigenvalue weighted by Crippen LogP contribution is 2.30. The molecule has 5 heterocycles. The number of hydrogen-bond acceptors (Lipinski definition) is 5. The summed E-state index contributed by atoms with van der Waals surface area (Å²) in [7, 11) is -2.97. The molecular formula is C21H21F3N6O3S. The molecule has 34 heavy (non-hydrogen) atoms. The Bertz CT molecular complexity index is 1550. The first kappa shape index (κ1) is 22.6. The highest BCUT2D eigenvalue weighted by atomic mass is 32.2. The molecular weight excluding hydrogens is 473 g/mol. The van der Waals surface area contributed by atoms with Gasteiger partial charge in [0.1, 0.15) is 0 Å². The molecule has 0 aromatic carbocycles. The molecule has 0 bridgehead atoms.